The lowest BCUT2D eigenvalue weighted by Crippen LogP contribution is -2.34. The number of rotatable bonds is 1. The normalized spacial score (nSPS) is 12.0. The quantitative estimate of drug-likeness (QED) is 0.389. The van der Waals surface area contributed by atoms with Crippen molar-refractivity contribution in [2.24, 2.45) is 11.5 Å². The summed E-state index contributed by atoms with van der Waals surface area (Å²) in [6, 6.07) is -0.931. The second-order valence-corrected chi connectivity index (χ2v) is 1.05. The third-order valence-corrected chi connectivity index (χ3v) is 0.486. The van der Waals surface area contributed by atoms with Crippen LogP contribution in [-0.4, -0.2) is 11.9 Å². The molecule has 0 aliphatic rings. The van der Waals surface area contributed by atoms with Gasteiger partial charge in [-0.3, -0.25) is 4.79 Å². The number of primary amides is 1. The van der Waals surface area contributed by atoms with E-state index in [0.717, 1.165) is 0 Å². The molecule has 0 aromatic carbocycles. The van der Waals surface area contributed by atoms with Gasteiger partial charge in [0.1, 0.15) is 6.04 Å². The topological polar surface area (TPSA) is 69.1 Å². The van der Waals surface area contributed by atoms with E-state index in [-0.39, 0.29) is 0 Å². The van der Waals surface area contributed by atoms with Gasteiger partial charge in [0.2, 0.25) is 5.91 Å². The van der Waals surface area contributed by atoms with Crippen LogP contribution in [0.15, 0.2) is 0 Å². The van der Waals surface area contributed by atoms with Crippen LogP contribution < -0.4 is 11.5 Å². The van der Waals surface area contributed by atoms with E-state index < -0.39 is 11.9 Å². The Balaban J connectivity index is 3.63. The molecule has 1 atom stereocenters. The van der Waals surface area contributed by atoms with Gasteiger partial charge in [-0.05, 0) is 0 Å². The van der Waals surface area contributed by atoms with Gasteiger partial charge in [-0.15, -0.1) is 6.42 Å². The van der Waals surface area contributed by atoms with Crippen molar-refractivity contribution in [3.63, 3.8) is 0 Å². The second-order valence-electron chi connectivity index (χ2n) is 1.05. The summed E-state index contributed by atoms with van der Waals surface area (Å²) in [7, 11) is 0. The lowest BCUT2D eigenvalue weighted by atomic mass is 10.3. The molecule has 0 aliphatic carbocycles. The maximum absolute atomic E-state index is 9.89. The van der Waals surface area contributed by atoms with Crippen molar-refractivity contribution in [3.05, 3.63) is 0 Å². The van der Waals surface area contributed by atoms with Crippen LogP contribution in [0.25, 0.3) is 0 Å². The Morgan fingerprint density at radius 1 is 1.86 bits per heavy atom. The molecule has 3 nitrogen and oxygen atoms in total. The highest BCUT2D eigenvalue weighted by molar-refractivity contribution is 5.82. The zero-order valence-corrected chi connectivity index (χ0v) is 3.72. The standard InChI is InChI=1S/C4H6N2O/c1-2-3(5)4(6)7/h1,3H,5H2,(H2,6,7)/t3-/m0/s1. The van der Waals surface area contributed by atoms with Crippen LogP contribution in [0.3, 0.4) is 0 Å². The lowest BCUT2D eigenvalue weighted by molar-refractivity contribution is -0.118. The van der Waals surface area contributed by atoms with Crippen molar-refractivity contribution < 1.29 is 4.79 Å². The van der Waals surface area contributed by atoms with Crippen molar-refractivity contribution in [1.82, 2.24) is 0 Å². The first-order valence-electron chi connectivity index (χ1n) is 1.69. The second kappa shape index (κ2) is 2.21. The maximum atomic E-state index is 9.89. The lowest BCUT2D eigenvalue weighted by Gasteiger charge is -1.91. The molecule has 0 spiro atoms. The summed E-state index contributed by atoms with van der Waals surface area (Å²) in [5.41, 5.74) is 9.55. The molecular weight excluding hydrogens is 92.1 g/mol. The first-order chi connectivity index (χ1) is 3.18. The molecule has 0 fully saturated rings. The first-order valence-corrected chi connectivity index (χ1v) is 1.69. The zero-order valence-electron chi connectivity index (χ0n) is 3.72. The van der Waals surface area contributed by atoms with E-state index in [9.17, 15) is 4.79 Å². The summed E-state index contributed by atoms with van der Waals surface area (Å²) in [5, 5.41) is 0. The third kappa shape index (κ3) is 1.79. The fourth-order valence-corrected chi connectivity index (χ4v) is 0.0821. The number of carbonyl (C=O) groups is 1. The van der Waals surface area contributed by atoms with Crippen LogP contribution in [0, 0.1) is 12.3 Å². The molecule has 3 heteroatoms. The number of hydrogen-bond donors (Lipinski definition) is 2. The number of amides is 1. The molecule has 1 amide bonds. The molecule has 0 aromatic heterocycles. The Bertz CT molecular complexity index is 113. The van der Waals surface area contributed by atoms with E-state index in [0.29, 0.717) is 0 Å². The van der Waals surface area contributed by atoms with Gasteiger partial charge >= 0.3 is 0 Å². The van der Waals surface area contributed by atoms with Crippen LogP contribution in [0.1, 0.15) is 0 Å². The van der Waals surface area contributed by atoms with E-state index in [4.69, 9.17) is 12.2 Å². The highest BCUT2D eigenvalue weighted by Gasteiger charge is 2.00. The summed E-state index contributed by atoms with van der Waals surface area (Å²) in [5.74, 6) is 1.30. The monoisotopic (exact) mass is 98.0 g/mol. The number of terminal acetylenes is 1. The number of carbonyl (C=O) groups excluding carboxylic acids is 1. The molecule has 0 aliphatic heterocycles. The number of hydrogen-bond acceptors (Lipinski definition) is 2. The van der Waals surface area contributed by atoms with Crippen LogP contribution in [0.2, 0.25) is 0 Å². The van der Waals surface area contributed by atoms with Gasteiger partial charge < -0.3 is 11.5 Å². The fourth-order valence-electron chi connectivity index (χ4n) is 0.0821. The molecule has 7 heavy (non-hydrogen) atoms. The van der Waals surface area contributed by atoms with Gasteiger partial charge in [0, 0.05) is 0 Å². The molecular formula is C4H6N2O. The maximum Gasteiger partial charge on any atom is 0.246 e. The van der Waals surface area contributed by atoms with Crippen LogP contribution in [0.4, 0.5) is 0 Å². The molecule has 0 rings (SSSR count). The summed E-state index contributed by atoms with van der Waals surface area (Å²) < 4.78 is 0. The predicted molar refractivity (Wildman–Crippen MR) is 26.0 cm³/mol. The predicted octanol–water partition coefficient (Wildman–Crippen LogP) is -1.57. The fraction of sp³-hybridized carbons (Fsp3) is 0.250. The van der Waals surface area contributed by atoms with E-state index in [1.165, 1.54) is 0 Å². The van der Waals surface area contributed by atoms with Gasteiger partial charge in [0.25, 0.3) is 0 Å². The summed E-state index contributed by atoms with van der Waals surface area (Å²) in [6.07, 6.45) is 4.70. The van der Waals surface area contributed by atoms with Crippen LogP contribution in [0.5, 0.6) is 0 Å². The van der Waals surface area contributed by atoms with E-state index >= 15 is 0 Å². The summed E-state index contributed by atoms with van der Waals surface area (Å²) >= 11 is 0. The van der Waals surface area contributed by atoms with E-state index in [1.54, 1.807) is 0 Å². The van der Waals surface area contributed by atoms with Crippen molar-refractivity contribution in [3.8, 4) is 12.3 Å². The highest BCUT2D eigenvalue weighted by Crippen LogP contribution is 1.65. The molecule has 38 valence electrons. The van der Waals surface area contributed by atoms with Crippen molar-refractivity contribution >= 4 is 5.91 Å². The van der Waals surface area contributed by atoms with E-state index in [1.807, 2.05) is 5.92 Å². The largest absolute Gasteiger partial charge is 0.367 e. The SMILES string of the molecule is C#C[C@H](N)C(N)=O. The molecule has 0 heterocycles. The molecule has 0 saturated carbocycles. The van der Waals surface area contributed by atoms with Crippen molar-refractivity contribution in [1.29, 1.82) is 0 Å². The molecule has 0 aromatic rings. The van der Waals surface area contributed by atoms with Gasteiger partial charge in [-0.25, -0.2) is 0 Å². The minimum absolute atomic E-state index is 0.664. The summed E-state index contributed by atoms with van der Waals surface area (Å²) in [6.45, 7) is 0. The molecule has 0 radical (unpaired) electrons. The highest BCUT2D eigenvalue weighted by atomic mass is 16.1. The Hall–Kier alpha value is -1.01. The minimum atomic E-state index is -0.931. The molecule has 0 bridgehead atoms. The van der Waals surface area contributed by atoms with Crippen molar-refractivity contribution in [2.45, 2.75) is 6.04 Å². The molecule has 0 saturated heterocycles. The van der Waals surface area contributed by atoms with Crippen molar-refractivity contribution in [2.75, 3.05) is 0 Å². The van der Waals surface area contributed by atoms with Crippen LogP contribution in [-0.2, 0) is 4.79 Å². The first kappa shape index (κ1) is 5.99. The molecule has 0 unspecified atom stereocenters. The van der Waals surface area contributed by atoms with E-state index in [2.05, 4.69) is 5.73 Å². The average Bonchev–Trinajstić information content (AvgIpc) is 1.65. The smallest absolute Gasteiger partial charge is 0.246 e. The van der Waals surface area contributed by atoms with Crippen LogP contribution >= 0.6 is 0 Å². The van der Waals surface area contributed by atoms with Gasteiger partial charge in [-0.1, -0.05) is 5.92 Å². The Morgan fingerprint density at radius 3 is 2.29 bits per heavy atom. The third-order valence-electron chi connectivity index (χ3n) is 0.486. The van der Waals surface area contributed by atoms with Gasteiger partial charge in [0.15, 0.2) is 0 Å². The zero-order chi connectivity index (χ0) is 5.86. The van der Waals surface area contributed by atoms with Gasteiger partial charge in [-0.2, -0.15) is 0 Å². The number of nitrogens with two attached hydrogens (primary N) is 2. The summed E-state index contributed by atoms with van der Waals surface area (Å²) in [4.78, 5) is 9.89. The Labute approximate surface area is 41.7 Å². The Morgan fingerprint density at radius 2 is 2.29 bits per heavy atom. The Kier molecular flexibility index (Phi) is 1.89. The van der Waals surface area contributed by atoms with Gasteiger partial charge in [0.05, 0.1) is 0 Å². The molecule has 4 N–H and O–H groups in total. The minimum Gasteiger partial charge on any atom is -0.367 e. The average molecular weight is 98.1 g/mol.